The van der Waals surface area contributed by atoms with Gasteiger partial charge in [0.15, 0.2) is 5.82 Å². The lowest BCUT2D eigenvalue weighted by molar-refractivity contribution is 0.0939. The molecular formula is C15H18N4O. The molecule has 0 saturated heterocycles. The minimum Gasteiger partial charge on any atom is -0.383 e. The van der Waals surface area contributed by atoms with Gasteiger partial charge in [-0.3, -0.25) is 4.79 Å². The lowest BCUT2D eigenvalue weighted by atomic mass is 10.2. The third-order valence-corrected chi connectivity index (χ3v) is 3.08. The summed E-state index contributed by atoms with van der Waals surface area (Å²) in [5, 5.41) is 2.85. The number of hydrogen-bond acceptors (Lipinski definition) is 4. The SMILES string of the molecule is CCC(C)NC(=O)c1cnc(-c2ccccc2)nc1N. The molecule has 104 valence electrons. The molecule has 0 bridgehead atoms. The number of amides is 1. The molecule has 5 heteroatoms. The molecule has 3 N–H and O–H groups in total. The van der Waals surface area contributed by atoms with E-state index in [0.717, 1.165) is 12.0 Å². The number of aromatic nitrogens is 2. The highest BCUT2D eigenvalue weighted by molar-refractivity contribution is 5.98. The number of carbonyl (C=O) groups excluding carboxylic acids is 1. The zero-order valence-electron chi connectivity index (χ0n) is 11.6. The third kappa shape index (κ3) is 3.12. The van der Waals surface area contributed by atoms with Gasteiger partial charge in [0.05, 0.1) is 5.56 Å². The molecule has 1 aromatic carbocycles. The van der Waals surface area contributed by atoms with Crippen LogP contribution in [0, 0.1) is 0 Å². The Morgan fingerprint density at radius 1 is 1.35 bits per heavy atom. The summed E-state index contributed by atoms with van der Waals surface area (Å²) in [7, 11) is 0. The van der Waals surface area contributed by atoms with Gasteiger partial charge in [0, 0.05) is 17.8 Å². The Kier molecular flexibility index (Phi) is 4.30. The van der Waals surface area contributed by atoms with Gasteiger partial charge in [-0.25, -0.2) is 9.97 Å². The lowest BCUT2D eigenvalue weighted by Gasteiger charge is -2.12. The van der Waals surface area contributed by atoms with E-state index in [4.69, 9.17) is 5.73 Å². The highest BCUT2D eigenvalue weighted by Gasteiger charge is 2.14. The second-order valence-electron chi connectivity index (χ2n) is 4.64. The van der Waals surface area contributed by atoms with Gasteiger partial charge in [-0.15, -0.1) is 0 Å². The average Bonchev–Trinajstić information content (AvgIpc) is 2.47. The molecule has 0 aliphatic heterocycles. The van der Waals surface area contributed by atoms with Gasteiger partial charge in [0.1, 0.15) is 5.82 Å². The fourth-order valence-electron chi connectivity index (χ4n) is 1.70. The molecule has 1 atom stereocenters. The molecule has 1 heterocycles. The molecule has 20 heavy (non-hydrogen) atoms. The summed E-state index contributed by atoms with van der Waals surface area (Å²) in [5.74, 6) is 0.472. The van der Waals surface area contributed by atoms with Gasteiger partial charge >= 0.3 is 0 Å². The van der Waals surface area contributed by atoms with Crippen LogP contribution in [0.15, 0.2) is 36.5 Å². The van der Waals surface area contributed by atoms with Crippen LogP contribution in [0.2, 0.25) is 0 Å². The summed E-state index contributed by atoms with van der Waals surface area (Å²) < 4.78 is 0. The molecule has 0 fully saturated rings. The van der Waals surface area contributed by atoms with Crippen LogP contribution in [0.1, 0.15) is 30.6 Å². The molecule has 2 aromatic rings. The van der Waals surface area contributed by atoms with Crippen LogP contribution < -0.4 is 11.1 Å². The van der Waals surface area contributed by atoms with Crippen molar-refractivity contribution in [1.82, 2.24) is 15.3 Å². The Bertz CT molecular complexity index is 598. The van der Waals surface area contributed by atoms with Crippen molar-refractivity contribution in [3.05, 3.63) is 42.1 Å². The Morgan fingerprint density at radius 2 is 2.05 bits per heavy atom. The molecule has 2 rings (SSSR count). The summed E-state index contributed by atoms with van der Waals surface area (Å²) in [4.78, 5) is 20.4. The van der Waals surface area contributed by atoms with Crippen LogP contribution in [0.3, 0.4) is 0 Å². The molecule has 0 aliphatic carbocycles. The molecule has 1 amide bonds. The van der Waals surface area contributed by atoms with E-state index in [-0.39, 0.29) is 17.8 Å². The molecule has 0 radical (unpaired) electrons. The topological polar surface area (TPSA) is 80.9 Å². The van der Waals surface area contributed by atoms with E-state index in [9.17, 15) is 4.79 Å². The normalized spacial score (nSPS) is 11.9. The molecule has 1 aromatic heterocycles. The van der Waals surface area contributed by atoms with Crippen molar-refractivity contribution >= 4 is 11.7 Å². The maximum Gasteiger partial charge on any atom is 0.256 e. The number of anilines is 1. The molecule has 1 unspecified atom stereocenters. The largest absolute Gasteiger partial charge is 0.383 e. The Labute approximate surface area is 118 Å². The lowest BCUT2D eigenvalue weighted by Crippen LogP contribution is -2.32. The van der Waals surface area contributed by atoms with Gasteiger partial charge in [-0.05, 0) is 13.3 Å². The standard InChI is InChI=1S/C15H18N4O/c1-3-10(2)18-15(20)12-9-17-14(19-13(12)16)11-7-5-4-6-8-11/h4-10H,3H2,1-2H3,(H,18,20)(H2,16,17,19). The number of benzene rings is 1. The minimum atomic E-state index is -0.239. The zero-order chi connectivity index (χ0) is 14.5. The monoisotopic (exact) mass is 270 g/mol. The quantitative estimate of drug-likeness (QED) is 0.893. The number of rotatable bonds is 4. The maximum absolute atomic E-state index is 12.0. The Hall–Kier alpha value is -2.43. The first-order valence-electron chi connectivity index (χ1n) is 6.60. The van der Waals surface area contributed by atoms with Crippen molar-refractivity contribution in [1.29, 1.82) is 0 Å². The predicted octanol–water partition coefficient (Wildman–Crippen LogP) is 2.25. The van der Waals surface area contributed by atoms with Crippen molar-refractivity contribution in [3.63, 3.8) is 0 Å². The van der Waals surface area contributed by atoms with Crippen molar-refractivity contribution < 1.29 is 4.79 Å². The van der Waals surface area contributed by atoms with Crippen LogP contribution >= 0.6 is 0 Å². The minimum absolute atomic E-state index is 0.0932. The van der Waals surface area contributed by atoms with Gasteiger partial charge in [0.25, 0.3) is 5.91 Å². The van der Waals surface area contributed by atoms with Crippen molar-refractivity contribution in [3.8, 4) is 11.4 Å². The van der Waals surface area contributed by atoms with E-state index in [2.05, 4.69) is 15.3 Å². The number of carbonyl (C=O) groups is 1. The van der Waals surface area contributed by atoms with Crippen LogP contribution in [-0.2, 0) is 0 Å². The first kappa shape index (κ1) is 14.0. The average molecular weight is 270 g/mol. The first-order chi connectivity index (χ1) is 9.61. The Morgan fingerprint density at radius 3 is 2.65 bits per heavy atom. The van der Waals surface area contributed by atoms with Gasteiger partial charge in [-0.1, -0.05) is 37.3 Å². The fourth-order valence-corrected chi connectivity index (χ4v) is 1.70. The predicted molar refractivity (Wildman–Crippen MR) is 79.1 cm³/mol. The molecule has 5 nitrogen and oxygen atoms in total. The molecule has 0 saturated carbocycles. The highest BCUT2D eigenvalue weighted by Crippen LogP contribution is 2.17. The second kappa shape index (κ2) is 6.14. The maximum atomic E-state index is 12.0. The summed E-state index contributed by atoms with van der Waals surface area (Å²) >= 11 is 0. The van der Waals surface area contributed by atoms with Gasteiger partial charge < -0.3 is 11.1 Å². The summed E-state index contributed by atoms with van der Waals surface area (Å²) in [6, 6.07) is 9.61. The fraction of sp³-hybridized carbons (Fsp3) is 0.267. The summed E-state index contributed by atoms with van der Waals surface area (Å²) in [5.41, 5.74) is 7.04. The van der Waals surface area contributed by atoms with E-state index in [1.54, 1.807) is 0 Å². The van der Waals surface area contributed by atoms with E-state index >= 15 is 0 Å². The summed E-state index contributed by atoms with van der Waals surface area (Å²) in [6.07, 6.45) is 2.33. The van der Waals surface area contributed by atoms with Crippen molar-refractivity contribution in [2.24, 2.45) is 0 Å². The van der Waals surface area contributed by atoms with Crippen molar-refractivity contribution in [2.75, 3.05) is 5.73 Å². The molecule has 0 aliphatic rings. The molecular weight excluding hydrogens is 252 g/mol. The number of nitrogens with zero attached hydrogens (tertiary/aromatic N) is 2. The van der Waals surface area contributed by atoms with E-state index in [1.807, 2.05) is 44.2 Å². The van der Waals surface area contributed by atoms with Gasteiger partial charge in [0.2, 0.25) is 0 Å². The second-order valence-corrected chi connectivity index (χ2v) is 4.64. The third-order valence-electron chi connectivity index (χ3n) is 3.08. The number of nitrogens with two attached hydrogens (primary N) is 1. The number of nitrogen functional groups attached to an aromatic ring is 1. The van der Waals surface area contributed by atoms with Crippen LogP contribution in [0.4, 0.5) is 5.82 Å². The summed E-state index contributed by atoms with van der Waals surface area (Å²) in [6.45, 7) is 3.94. The van der Waals surface area contributed by atoms with Crippen molar-refractivity contribution in [2.45, 2.75) is 26.3 Å². The zero-order valence-corrected chi connectivity index (χ0v) is 11.6. The van der Waals surface area contributed by atoms with Crippen LogP contribution in [-0.4, -0.2) is 21.9 Å². The number of hydrogen-bond donors (Lipinski definition) is 2. The van der Waals surface area contributed by atoms with Gasteiger partial charge in [-0.2, -0.15) is 0 Å². The first-order valence-corrected chi connectivity index (χ1v) is 6.60. The smallest absolute Gasteiger partial charge is 0.256 e. The highest BCUT2D eigenvalue weighted by atomic mass is 16.1. The van der Waals surface area contributed by atoms with E-state index in [0.29, 0.717) is 11.4 Å². The van der Waals surface area contributed by atoms with Crippen LogP contribution in [0.5, 0.6) is 0 Å². The van der Waals surface area contributed by atoms with E-state index < -0.39 is 0 Å². The number of nitrogens with one attached hydrogen (secondary N) is 1. The van der Waals surface area contributed by atoms with Crippen LogP contribution in [0.25, 0.3) is 11.4 Å². The Balaban J connectivity index is 2.24. The molecule has 0 spiro atoms. The van der Waals surface area contributed by atoms with E-state index in [1.165, 1.54) is 6.20 Å².